The van der Waals surface area contributed by atoms with E-state index in [2.05, 4.69) is 155 Å². The molecule has 0 aliphatic heterocycles. The van der Waals surface area contributed by atoms with Crippen LogP contribution < -0.4 is 0 Å². The molecule has 0 atom stereocenters. The van der Waals surface area contributed by atoms with E-state index < -0.39 is 0 Å². The van der Waals surface area contributed by atoms with Gasteiger partial charge in [0.2, 0.25) is 0 Å². The zero-order chi connectivity index (χ0) is 29.2. The highest BCUT2D eigenvalue weighted by molar-refractivity contribution is 7.26. The van der Waals surface area contributed by atoms with Gasteiger partial charge in [-0.2, -0.15) is 0 Å². The third kappa shape index (κ3) is 4.44. The third-order valence-corrected chi connectivity index (χ3v) is 9.56. The Balaban J connectivity index is 1.54. The van der Waals surface area contributed by atoms with Gasteiger partial charge in [-0.15, -0.1) is 11.3 Å². The fourth-order valence-corrected chi connectivity index (χ4v) is 7.19. The Morgan fingerprint density at radius 2 is 1.29 bits per heavy atom. The van der Waals surface area contributed by atoms with E-state index in [-0.39, 0.29) is 10.8 Å². The minimum Gasteiger partial charge on any atom is -0.292 e. The van der Waals surface area contributed by atoms with E-state index in [1.54, 1.807) is 0 Å². The van der Waals surface area contributed by atoms with E-state index in [0.717, 1.165) is 22.5 Å². The molecule has 0 amide bonds. The molecule has 2 nitrogen and oxygen atoms in total. The lowest BCUT2D eigenvalue weighted by Crippen LogP contribution is -2.12. The van der Waals surface area contributed by atoms with Crippen LogP contribution in [-0.4, -0.2) is 9.55 Å². The SMILES string of the molecule is CC(C)(C)c1ccc(-n2c(-c3cccc4c3sc3cc(C(C)(C)C)ccc34)nc3ccccc32)c(-c2ccccc2)c1. The number of rotatable bonds is 3. The van der Waals surface area contributed by atoms with E-state index in [1.165, 1.54) is 48.0 Å². The number of thiophene rings is 1. The largest absolute Gasteiger partial charge is 0.292 e. The number of hydrogen-bond acceptors (Lipinski definition) is 2. The zero-order valence-electron chi connectivity index (χ0n) is 25.2. The van der Waals surface area contributed by atoms with Crippen molar-refractivity contribution in [2.75, 3.05) is 0 Å². The lowest BCUT2D eigenvalue weighted by Gasteiger charge is -2.23. The molecule has 0 aliphatic carbocycles. The summed E-state index contributed by atoms with van der Waals surface area (Å²) in [5.41, 5.74) is 9.67. The lowest BCUT2D eigenvalue weighted by atomic mass is 9.85. The molecule has 0 spiro atoms. The first kappa shape index (κ1) is 26.7. The minimum absolute atomic E-state index is 0.0382. The Labute approximate surface area is 252 Å². The molecule has 208 valence electrons. The Morgan fingerprint density at radius 3 is 2.05 bits per heavy atom. The molecule has 42 heavy (non-hydrogen) atoms. The van der Waals surface area contributed by atoms with Gasteiger partial charge < -0.3 is 0 Å². The van der Waals surface area contributed by atoms with Crippen molar-refractivity contribution in [1.29, 1.82) is 0 Å². The Morgan fingerprint density at radius 1 is 0.595 bits per heavy atom. The van der Waals surface area contributed by atoms with Gasteiger partial charge in [0.1, 0.15) is 5.82 Å². The van der Waals surface area contributed by atoms with Crippen molar-refractivity contribution in [3.63, 3.8) is 0 Å². The highest BCUT2D eigenvalue weighted by Crippen LogP contribution is 2.43. The second kappa shape index (κ2) is 9.68. The Hall–Kier alpha value is -4.21. The molecule has 0 radical (unpaired) electrons. The van der Waals surface area contributed by atoms with Gasteiger partial charge in [0.25, 0.3) is 0 Å². The Kier molecular flexibility index (Phi) is 6.14. The van der Waals surface area contributed by atoms with Gasteiger partial charge in [-0.05, 0) is 63.9 Å². The van der Waals surface area contributed by atoms with E-state index in [9.17, 15) is 0 Å². The van der Waals surface area contributed by atoms with Crippen LogP contribution in [0.5, 0.6) is 0 Å². The molecule has 0 bridgehead atoms. The molecular weight excluding hydrogens is 529 g/mol. The van der Waals surface area contributed by atoms with Gasteiger partial charge in [-0.1, -0.05) is 114 Å². The second-order valence-electron chi connectivity index (χ2n) is 13.4. The number of para-hydroxylation sites is 2. The standard InChI is InChI=1S/C39H36N2S/c1-38(2,3)26-20-22-33(31(23-26)25-13-8-7-9-14-25)41-34-18-11-10-17-32(34)40-37(41)30-16-12-15-29-28-21-19-27(39(4,5)6)24-35(28)42-36(29)30/h7-24H,1-6H3. The number of benzene rings is 5. The van der Waals surface area contributed by atoms with Gasteiger partial charge >= 0.3 is 0 Å². The summed E-state index contributed by atoms with van der Waals surface area (Å²) in [6.07, 6.45) is 0. The summed E-state index contributed by atoms with van der Waals surface area (Å²) in [4.78, 5) is 5.31. The molecule has 2 heterocycles. The number of hydrogen-bond donors (Lipinski definition) is 0. The van der Waals surface area contributed by atoms with Crippen LogP contribution in [0.2, 0.25) is 0 Å². The summed E-state index contributed by atoms with van der Waals surface area (Å²) in [7, 11) is 0. The molecule has 3 heteroatoms. The summed E-state index contributed by atoms with van der Waals surface area (Å²) in [6, 6.07) is 39.9. The van der Waals surface area contributed by atoms with Crippen LogP contribution in [0, 0.1) is 0 Å². The van der Waals surface area contributed by atoms with Crippen molar-refractivity contribution in [2.45, 2.75) is 52.4 Å². The summed E-state index contributed by atoms with van der Waals surface area (Å²) in [6.45, 7) is 13.7. The van der Waals surface area contributed by atoms with Gasteiger partial charge in [-0.25, -0.2) is 4.98 Å². The van der Waals surface area contributed by atoms with Gasteiger partial charge in [0.05, 0.1) is 16.7 Å². The highest BCUT2D eigenvalue weighted by atomic mass is 32.1. The summed E-state index contributed by atoms with van der Waals surface area (Å²) in [5.74, 6) is 0.977. The maximum Gasteiger partial charge on any atom is 0.147 e. The van der Waals surface area contributed by atoms with Crippen molar-refractivity contribution in [3.8, 4) is 28.2 Å². The summed E-state index contributed by atoms with van der Waals surface area (Å²) < 4.78 is 4.99. The van der Waals surface area contributed by atoms with Crippen molar-refractivity contribution < 1.29 is 0 Å². The maximum atomic E-state index is 5.31. The topological polar surface area (TPSA) is 17.8 Å². The molecule has 0 saturated carbocycles. The van der Waals surface area contributed by atoms with E-state index in [1.807, 2.05) is 11.3 Å². The first-order valence-electron chi connectivity index (χ1n) is 14.7. The highest BCUT2D eigenvalue weighted by Gasteiger charge is 2.23. The Bertz CT molecular complexity index is 2100. The number of aromatic nitrogens is 2. The maximum absolute atomic E-state index is 5.31. The normalized spacial score (nSPS) is 12.5. The van der Waals surface area contributed by atoms with Crippen molar-refractivity contribution in [1.82, 2.24) is 9.55 Å². The molecule has 0 fully saturated rings. The molecular formula is C39H36N2S. The van der Waals surface area contributed by atoms with Crippen LogP contribution in [0.3, 0.4) is 0 Å². The van der Waals surface area contributed by atoms with Gasteiger partial charge in [-0.3, -0.25) is 4.57 Å². The van der Waals surface area contributed by atoms with Gasteiger partial charge in [0.15, 0.2) is 0 Å². The molecule has 0 unspecified atom stereocenters. The van der Waals surface area contributed by atoms with E-state index in [4.69, 9.17) is 4.98 Å². The van der Waals surface area contributed by atoms with Crippen molar-refractivity contribution >= 4 is 42.5 Å². The molecule has 7 aromatic rings. The van der Waals surface area contributed by atoms with E-state index >= 15 is 0 Å². The smallest absolute Gasteiger partial charge is 0.147 e. The van der Waals surface area contributed by atoms with Crippen LogP contribution in [0.15, 0.2) is 109 Å². The predicted molar refractivity (Wildman–Crippen MR) is 182 cm³/mol. The average Bonchev–Trinajstić information content (AvgIpc) is 3.54. The number of fused-ring (bicyclic) bond motifs is 4. The monoisotopic (exact) mass is 564 g/mol. The first-order chi connectivity index (χ1) is 20.1. The second-order valence-corrected chi connectivity index (χ2v) is 14.4. The molecule has 0 N–H and O–H groups in total. The van der Waals surface area contributed by atoms with Crippen LogP contribution in [0.1, 0.15) is 52.7 Å². The number of nitrogens with zero attached hydrogens (tertiary/aromatic N) is 2. The van der Waals surface area contributed by atoms with Crippen molar-refractivity contribution in [3.05, 3.63) is 120 Å². The predicted octanol–water partition coefficient (Wildman–Crippen LogP) is 11.3. The molecule has 2 aromatic heterocycles. The van der Waals surface area contributed by atoms with Gasteiger partial charge in [0, 0.05) is 31.3 Å². The fourth-order valence-electron chi connectivity index (χ4n) is 5.94. The van der Waals surface area contributed by atoms with Crippen LogP contribution in [0.4, 0.5) is 0 Å². The lowest BCUT2D eigenvalue weighted by molar-refractivity contribution is 0.590. The molecule has 0 aliphatic rings. The zero-order valence-corrected chi connectivity index (χ0v) is 26.0. The quantitative estimate of drug-likeness (QED) is 0.209. The summed E-state index contributed by atoms with van der Waals surface area (Å²) in [5, 5.41) is 2.60. The average molecular weight is 565 g/mol. The van der Waals surface area contributed by atoms with Crippen molar-refractivity contribution in [2.24, 2.45) is 0 Å². The van der Waals surface area contributed by atoms with Crippen LogP contribution >= 0.6 is 11.3 Å². The first-order valence-corrected chi connectivity index (χ1v) is 15.6. The fraction of sp³-hybridized carbons (Fsp3) is 0.205. The molecule has 7 rings (SSSR count). The molecule has 0 saturated heterocycles. The number of imidazole rings is 1. The third-order valence-electron chi connectivity index (χ3n) is 8.35. The van der Waals surface area contributed by atoms with E-state index in [0.29, 0.717) is 0 Å². The van der Waals surface area contributed by atoms with Crippen LogP contribution in [-0.2, 0) is 10.8 Å². The molecule has 5 aromatic carbocycles. The summed E-state index contributed by atoms with van der Waals surface area (Å²) >= 11 is 1.88. The minimum atomic E-state index is 0.0382. The van der Waals surface area contributed by atoms with Crippen LogP contribution in [0.25, 0.3) is 59.4 Å².